The largest absolute Gasteiger partial charge is 0.456 e. The zero-order valence-corrected chi connectivity index (χ0v) is 27.7. The molecule has 0 fully saturated rings. The van der Waals surface area contributed by atoms with Gasteiger partial charge in [0.15, 0.2) is 0 Å². The van der Waals surface area contributed by atoms with Crippen LogP contribution < -0.4 is 26.0 Å². The summed E-state index contributed by atoms with van der Waals surface area (Å²) in [6.45, 7) is 0. The summed E-state index contributed by atoms with van der Waals surface area (Å²) in [6, 6.07) is 55.3. The number of para-hydroxylation sites is 1. The number of halogens is 1. The molecule has 0 spiro atoms. The Morgan fingerprint density at radius 2 is 0.907 bits per heavy atom. The van der Waals surface area contributed by atoms with Gasteiger partial charge in [-0.05, 0) is 76.8 Å². The number of rotatable bonds is 8. The topological polar surface area (TPSA) is 9.23 Å². The average molecular weight is 705 g/mol. The molecule has 0 bridgehead atoms. The summed E-state index contributed by atoms with van der Waals surface area (Å²) in [5, 5.41) is 5.57. The van der Waals surface area contributed by atoms with Crippen molar-refractivity contribution >= 4 is 59.7 Å². The molecule has 0 aromatic heterocycles. The maximum absolute atomic E-state index is 7.08. The van der Waals surface area contributed by atoms with Gasteiger partial charge in [0.2, 0.25) is 0 Å². The summed E-state index contributed by atoms with van der Waals surface area (Å²) < 4.78 is 8.35. The van der Waals surface area contributed by atoms with Crippen LogP contribution in [0.25, 0.3) is 0 Å². The molecule has 7 rings (SSSR count). The van der Waals surface area contributed by atoms with Crippen LogP contribution >= 0.6 is 38.4 Å². The molecule has 0 amide bonds. The predicted octanol–water partition coefficient (Wildman–Crippen LogP) is 9.25. The molecule has 4 heteroatoms. The summed E-state index contributed by atoms with van der Waals surface area (Å²) in [5.74, 6) is 2.12. The minimum absolute atomic E-state index is 0.576. The van der Waals surface area contributed by atoms with E-state index >= 15 is 0 Å². The molecule has 0 N–H and O–H groups in total. The van der Waals surface area contributed by atoms with E-state index in [2.05, 4.69) is 174 Å². The Labute approximate surface area is 270 Å². The quantitative estimate of drug-likeness (QED) is 0.113. The maximum Gasteiger partial charge on any atom is 0.135 e. The van der Waals surface area contributed by atoms with E-state index in [9.17, 15) is 0 Å². The van der Waals surface area contributed by atoms with Crippen molar-refractivity contribution in [3.05, 3.63) is 177 Å². The summed E-state index contributed by atoms with van der Waals surface area (Å²) in [5.41, 5.74) is 5.18. The lowest BCUT2D eigenvalue weighted by Crippen LogP contribution is -2.16. The molecule has 1 heterocycles. The van der Waals surface area contributed by atoms with Gasteiger partial charge in [-0.25, -0.2) is 0 Å². The van der Waals surface area contributed by atoms with Crippen LogP contribution in [0, 0.1) is 3.57 Å². The van der Waals surface area contributed by atoms with E-state index in [0.717, 1.165) is 30.2 Å². The van der Waals surface area contributed by atoms with Crippen molar-refractivity contribution in [1.82, 2.24) is 0 Å². The van der Waals surface area contributed by atoms with E-state index in [1.54, 1.807) is 0 Å². The van der Waals surface area contributed by atoms with Crippen LogP contribution in [-0.4, -0.2) is 0 Å². The second kappa shape index (κ2) is 13.1. The highest BCUT2D eigenvalue weighted by molar-refractivity contribution is 14.1. The number of fused-ring (bicyclic) bond motifs is 2. The summed E-state index contributed by atoms with van der Waals surface area (Å²) >= 11 is 2.49. The normalized spacial score (nSPS) is 12.1. The molecule has 1 aliphatic rings. The van der Waals surface area contributed by atoms with Crippen LogP contribution in [0.1, 0.15) is 22.3 Å². The van der Waals surface area contributed by atoms with Crippen molar-refractivity contribution in [2.75, 3.05) is 0 Å². The van der Waals surface area contributed by atoms with Crippen LogP contribution in [0.3, 0.4) is 0 Å². The zero-order valence-electron chi connectivity index (χ0n) is 23.7. The second-order valence-electron chi connectivity index (χ2n) is 10.7. The minimum atomic E-state index is -0.581. The van der Waals surface area contributed by atoms with E-state index in [0.29, 0.717) is 0 Å². The van der Waals surface area contributed by atoms with Crippen molar-refractivity contribution in [3.8, 4) is 11.5 Å². The first kappa shape index (κ1) is 28.5. The number of hydrogen-bond acceptors (Lipinski definition) is 1. The molecule has 0 aliphatic carbocycles. The molecule has 6 aromatic carbocycles. The van der Waals surface area contributed by atoms with E-state index in [4.69, 9.17) is 4.74 Å². The lowest BCUT2D eigenvalue weighted by molar-refractivity contribution is 0.451. The number of benzene rings is 6. The molecule has 0 atom stereocenters. The van der Waals surface area contributed by atoms with Gasteiger partial charge in [0, 0.05) is 33.4 Å². The van der Waals surface area contributed by atoms with Gasteiger partial charge in [0.1, 0.15) is 11.5 Å². The smallest absolute Gasteiger partial charge is 0.135 e. The Kier molecular flexibility index (Phi) is 8.71. The lowest BCUT2D eigenvalue weighted by atomic mass is 9.96. The fourth-order valence-electron chi connectivity index (χ4n) is 5.83. The van der Waals surface area contributed by atoms with E-state index < -0.39 is 15.8 Å². The van der Waals surface area contributed by atoms with Crippen LogP contribution in [0.5, 0.6) is 11.5 Å². The average Bonchev–Trinajstić information content (AvgIpc) is 3.08. The molecule has 6 aromatic rings. The number of hydrogen-bond donors (Lipinski definition) is 0. The van der Waals surface area contributed by atoms with Gasteiger partial charge in [-0.15, -0.1) is 0 Å². The first-order valence-electron chi connectivity index (χ1n) is 14.6. The highest BCUT2D eigenvalue weighted by atomic mass is 127. The monoisotopic (exact) mass is 704 g/mol. The Morgan fingerprint density at radius 3 is 1.37 bits per heavy atom. The Balaban J connectivity index is 1.27. The molecule has 43 heavy (non-hydrogen) atoms. The second-order valence-corrected chi connectivity index (χ2v) is 16.3. The van der Waals surface area contributed by atoms with Gasteiger partial charge < -0.3 is 4.74 Å². The van der Waals surface area contributed by atoms with E-state index in [-0.39, 0.29) is 0 Å². The third kappa shape index (κ3) is 6.20. The Morgan fingerprint density at radius 1 is 0.465 bits per heavy atom. The number of ether oxygens (including phenoxy) is 1. The highest BCUT2D eigenvalue weighted by Gasteiger charge is 2.27. The van der Waals surface area contributed by atoms with Gasteiger partial charge in [-0.2, -0.15) is 0 Å². The van der Waals surface area contributed by atoms with Crippen molar-refractivity contribution < 1.29 is 4.74 Å². The third-order valence-electron chi connectivity index (χ3n) is 7.96. The SMILES string of the molecule is Ic1ccc(CP(c2ccccc2)c2ccccc2)c2c1Cc1cccc(CP(c3ccccc3)c3ccccc3)c1O2. The van der Waals surface area contributed by atoms with Gasteiger partial charge in [-0.1, -0.05) is 146 Å². The van der Waals surface area contributed by atoms with Gasteiger partial charge in [0.25, 0.3) is 0 Å². The van der Waals surface area contributed by atoms with Crippen LogP contribution in [0.15, 0.2) is 152 Å². The fraction of sp³-hybridized carbons (Fsp3) is 0.0769. The molecular formula is C39H31IOP2. The summed E-state index contributed by atoms with van der Waals surface area (Å²) in [6.07, 6.45) is 2.79. The molecule has 0 saturated carbocycles. The molecular weight excluding hydrogens is 673 g/mol. The molecule has 1 aliphatic heterocycles. The lowest BCUT2D eigenvalue weighted by Gasteiger charge is -2.28. The first-order chi connectivity index (χ1) is 21.2. The molecule has 210 valence electrons. The molecule has 1 nitrogen and oxygen atoms in total. The Hall–Kier alpha value is -3.29. The fourth-order valence-corrected chi connectivity index (χ4v) is 11.1. The summed E-state index contributed by atoms with van der Waals surface area (Å²) in [4.78, 5) is 0. The van der Waals surface area contributed by atoms with Gasteiger partial charge in [0.05, 0.1) is 0 Å². The minimum Gasteiger partial charge on any atom is -0.456 e. The van der Waals surface area contributed by atoms with Crippen molar-refractivity contribution in [2.45, 2.75) is 18.7 Å². The van der Waals surface area contributed by atoms with Crippen molar-refractivity contribution in [1.29, 1.82) is 0 Å². The van der Waals surface area contributed by atoms with E-state index in [1.807, 2.05) is 0 Å². The standard InChI is InChI=1S/C39H31IOP2/c40-37-25-24-31(28-43(34-20-9-3-10-21-34)35-22-11-4-12-23-35)39-36(37)26-29-14-13-15-30(38(29)41-39)27-42(32-16-5-1-6-17-32)33-18-7-2-8-19-33/h1-25H,26-28H2. The molecule has 0 unspecified atom stereocenters. The van der Waals surface area contributed by atoms with Crippen molar-refractivity contribution in [3.63, 3.8) is 0 Å². The van der Waals surface area contributed by atoms with Crippen LogP contribution in [0.2, 0.25) is 0 Å². The maximum atomic E-state index is 7.08. The molecule has 0 radical (unpaired) electrons. The van der Waals surface area contributed by atoms with Crippen LogP contribution in [-0.2, 0) is 18.7 Å². The highest BCUT2D eigenvalue weighted by Crippen LogP contribution is 2.49. The third-order valence-corrected chi connectivity index (χ3v) is 14.0. The molecule has 0 saturated heterocycles. The Bertz CT molecular complexity index is 1750. The van der Waals surface area contributed by atoms with Crippen molar-refractivity contribution in [2.24, 2.45) is 0 Å². The zero-order chi connectivity index (χ0) is 29.0. The van der Waals surface area contributed by atoms with E-state index in [1.165, 1.54) is 47.0 Å². The van der Waals surface area contributed by atoms with Crippen LogP contribution in [0.4, 0.5) is 0 Å². The summed E-state index contributed by atoms with van der Waals surface area (Å²) in [7, 11) is -1.16. The first-order valence-corrected chi connectivity index (χ1v) is 18.7. The predicted molar refractivity (Wildman–Crippen MR) is 194 cm³/mol. The van der Waals surface area contributed by atoms with Gasteiger partial charge in [-0.3, -0.25) is 0 Å². The van der Waals surface area contributed by atoms with Gasteiger partial charge >= 0.3 is 0 Å².